The van der Waals surface area contributed by atoms with Gasteiger partial charge in [0, 0.05) is 13.1 Å². The number of hydrogen-bond donors (Lipinski definition) is 2. The van der Waals surface area contributed by atoms with Crippen LogP contribution in [-0.2, 0) is 18.1 Å². The molecule has 2 N–H and O–H groups in total. The summed E-state index contributed by atoms with van der Waals surface area (Å²) in [6, 6.07) is -0.413. The fraction of sp³-hybridized carbons (Fsp3) is 0.462. The van der Waals surface area contributed by atoms with Gasteiger partial charge in [-0.05, 0) is 0 Å². The molecule has 0 saturated heterocycles. The lowest BCUT2D eigenvalue weighted by atomic mass is 10.6. The number of nitrogens with zero attached hydrogens (tertiary/aromatic N) is 2. The van der Waals surface area contributed by atoms with Crippen molar-refractivity contribution in [2.45, 2.75) is 0 Å². The fourth-order valence-electron chi connectivity index (χ4n) is 1.08. The molecule has 2 atom stereocenters. The summed E-state index contributed by atoms with van der Waals surface area (Å²) < 4.78 is 20.5. The van der Waals surface area contributed by atoms with E-state index < -0.39 is 22.8 Å². The van der Waals surface area contributed by atoms with Crippen LogP contribution in [0.4, 0.5) is 4.79 Å². The van der Waals surface area contributed by atoms with Crippen LogP contribution in [0.1, 0.15) is 0 Å². The van der Waals surface area contributed by atoms with E-state index in [-0.39, 0.29) is 39.5 Å². The zero-order valence-corrected chi connectivity index (χ0v) is 14.9. The highest BCUT2D eigenvalue weighted by molar-refractivity contribution is 7.52. The Balaban J connectivity index is 3.66. The minimum Gasteiger partial charge on any atom is -0.336 e. The molecule has 0 spiro atoms. The average Bonchev–Trinajstić information content (AvgIpc) is 2.60. The van der Waals surface area contributed by atoms with E-state index >= 15 is 0 Å². The summed E-state index contributed by atoms with van der Waals surface area (Å²) in [5.41, 5.74) is 0. The zero-order valence-electron chi connectivity index (χ0n) is 13.1. The van der Waals surface area contributed by atoms with E-state index in [1.54, 1.807) is 0 Å². The second kappa shape index (κ2) is 16.3. The maximum Gasteiger partial charge on any atom is 0.314 e. The van der Waals surface area contributed by atoms with Crippen LogP contribution in [0, 0.1) is 22.1 Å². The first-order chi connectivity index (χ1) is 11.7. The molecule has 0 rings (SSSR count). The fourth-order valence-corrected chi connectivity index (χ4v) is 2.46. The minimum atomic E-state index is -1.63. The van der Waals surface area contributed by atoms with Gasteiger partial charge < -0.3 is 28.7 Å². The smallest absolute Gasteiger partial charge is 0.314 e. The van der Waals surface area contributed by atoms with Gasteiger partial charge in [-0.25, -0.2) is 4.79 Å². The first-order valence-corrected chi connectivity index (χ1v) is 9.18. The van der Waals surface area contributed by atoms with E-state index in [0.29, 0.717) is 0 Å². The van der Waals surface area contributed by atoms with Crippen molar-refractivity contribution in [1.29, 1.82) is 10.5 Å². The molecule has 0 aromatic rings. The predicted molar refractivity (Wildman–Crippen MR) is 90.7 cm³/mol. The molecule has 24 heavy (non-hydrogen) atoms. The quantitative estimate of drug-likeness (QED) is 0.271. The van der Waals surface area contributed by atoms with Crippen molar-refractivity contribution in [1.82, 2.24) is 10.6 Å². The molecule has 0 aromatic carbocycles. The summed E-state index contributed by atoms with van der Waals surface area (Å²) in [6.45, 7) is 8.14. The number of hydrogen-bond acceptors (Lipinski definition) is 7. The maximum atomic E-state index is 11.5. The Bertz CT molecular complexity index is 426. The molecule has 0 fully saturated rings. The van der Waals surface area contributed by atoms with Crippen molar-refractivity contribution < 1.29 is 22.9 Å². The Morgan fingerprint density at radius 1 is 0.917 bits per heavy atom. The summed E-state index contributed by atoms with van der Waals surface area (Å²) in [4.78, 5) is 11.5. The molecule has 0 saturated carbocycles. The Hall–Kier alpha value is -1.57. The van der Waals surface area contributed by atoms with Gasteiger partial charge >= 0.3 is 6.03 Å². The Labute approximate surface area is 144 Å². The number of amides is 2. The summed E-state index contributed by atoms with van der Waals surface area (Å²) in [6.07, 6.45) is 3.04. The summed E-state index contributed by atoms with van der Waals surface area (Å²) in [7, 11) is -3.26. The van der Waals surface area contributed by atoms with Crippen LogP contribution in [0.15, 0.2) is 25.3 Å². The van der Waals surface area contributed by atoms with Crippen LogP contribution in [-0.4, -0.2) is 45.5 Å². The molecule has 132 valence electrons. The average molecular weight is 374 g/mol. The highest BCUT2D eigenvalue weighted by Crippen LogP contribution is 2.36. The van der Waals surface area contributed by atoms with Crippen LogP contribution in [0.5, 0.6) is 0 Å². The van der Waals surface area contributed by atoms with Crippen molar-refractivity contribution in [3.05, 3.63) is 25.3 Å². The van der Waals surface area contributed by atoms with Gasteiger partial charge in [-0.15, -0.1) is 13.2 Å². The standard InChI is InChI=1S/C13H20N4O5P2/c1-3-7-19-23(11-14)21-9-5-16-13(18)17-6-10-22-24(12-15)20-8-4-2/h3-4H,1-2,5-10H2,(H2,16,17,18). The molecule has 0 aromatic heterocycles. The van der Waals surface area contributed by atoms with Crippen LogP contribution in [0.3, 0.4) is 0 Å². The van der Waals surface area contributed by atoms with Gasteiger partial charge in [0.2, 0.25) is 0 Å². The molecule has 0 aliphatic carbocycles. The van der Waals surface area contributed by atoms with Gasteiger partial charge in [-0.2, -0.15) is 10.5 Å². The van der Waals surface area contributed by atoms with Gasteiger partial charge in [0.05, 0.1) is 26.4 Å². The summed E-state index contributed by atoms with van der Waals surface area (Å²) >= 11 is 0. The van der Waals surface area contributed by atoms with Crippen LogP contribution < -0.4 is 10.6 Å². The van der Waals surface area contributed by atoms with E-state index in [2.05, 4.69) is 23.8 Å². The van der Waals surface area contributed by atoms with E-state index in [9.17, 15) is 4.79 Å². The van der Waals surface area contributed by atoms with Gasteiger partial charge in [0.15, 0.2) is 0 Å². The maximum absolute atomic E-state index is 11.5. The van der Waals surface area contributed by atoms with E-state index in [1.165, 1.54) is 12.2 Å². The van der Waals surface area contributed by atoms with Crippen molar-refractivity contribution in [3.8, 4) is 11.6 Å². The topological polar surface area (TPSA) is 126 Å². The molecule has 11 heteroatoms. The van der Waals surface area contributed by atoms with Crippen molar-refractivity contribution in [2.75, 3.05) is 39.5 Å². The molecule has 0 aliphatic rings. The van der Waals surface area contributed by atoms with Crippen LogP contribution in [0.2, 0.25) is 0 Å². The molecular weight excluding hydrogens is 354 g/mol. The first-order valence-electron chi connectivity index (χ1n) is 6.82. The zero-order chi connectivity index (χ0) is 18.0. The highest BCUT2D eigenvalue weighted by Gasteiger charge is 2.10. The number of rotatable bonds is 14. The second-order valence-electron chi connectivity index (χ2n) is 3.73. The monoisotopic (exact) mass is 374 g/mol. The van der Waals surface area contributed by atoms with Crippen molar-refractivity contribution in [3.63, 3.8) is 0 Å². The molecule has 0 heterocycles. The summed E-state index contributed by atoms with van der Waals surface area (Å²) in [5.74, 6) is 3.77. The van der Waals surface area contributed by atoms with Gasteiger partial charge in [-0.1, -0.05) is 12.2 Å². The predicted octanol–water partition coefficient (Wildman–Crippen LogP) is 2.31. The third-order valence-corrected chi connectivity index (χ3v) is 3.90. The molecular formula is C13H20N4O5P2. The van der Waals surface area contributed by atoms with Gasteiger partial charge in [0.1, 0.15) is 11.6 Å². The molecule has 0 aliphatic heterocycles. The Morgan fingerprint density at radius 2 is 1.33 bits per heavy atom. The molecule has 0 bridgehead atoms. The minimum absolute atomic E-state index is 0.148. The van der Waals surface area contributed by atoms with Gasteiger partial charge in [0.25, 0.3) is 16.8 Å². The van der Waals surface area contributed by atoms with Crippen LogP contribution >= 0.6 is 16.8 Å². The van der Waals surface area contributed by atoms with E-state index in [4.69, 9.17) is 28.6 Å². The molecule has 2 unspecified atom stereocenters. The number of nitrogens with one attached hydrogen (secondary N) is 2. The lowest BCUT2D eigenvalue weighted by Gasteiger charge is -2.11. The number of carbonyl (C=O) groups excluding carboxylic acids is 1. The lowest BCUT2D eigenvalue weighted by molar-refractivity contribution is 0.229. The first kappa shape index (κ1) is 22.4. The lowest BCUT2D eigenvalue weighted by Crippen LogP contribution is -2.38. The van der Waals surface area contributed by atoms with E-state index in [0.717, 1.165) is 0 Å². The number of nitriles is 2. The number of urea groups is 1. The SMILES string of the molecule is C=CCOP(C#N)OCCNC(=O)NCCOP(C#N)OCC=C. The summed E-state index contributed by atoms with van der Waals surface area (Å²) in [5, 5.41) is 22.6. The Kier molecular flexibility index (Phi) is 15.2. The van der Waals surface area contributed by atoms with Crippen molar-refractivity contribution in [2.24, 2.45) is 0 Å². The van der Waals surface area contributed by atoms with Crippen LogP contribution in [0.25, 0.3) is 0 Å². The highest BCUT2D eigenvalue weighted by atomic mass is 31.2. The normalized spacial score (nSPS) is 12.2. The molecule has 0 radical (unpaired) electrons. The third-order valence-electron chi connectivity index (χ3n) is 1.97. The van der Waals surface area contributed by atoms with Gasteiger partial charge in [-0.3, -0.25) is 0 Å². The van der Waals surface area contributed by atoms with E-state index in [1.807, 2.05) is 11.6 Å². The van der Waals surface area contributed by atoms with Crippen molar-refractivity contribution >= 4 is 22.8 Å². The molecule has 9 nitrogen and oxygen atoms in total. The largest absolute Gasteiger partial charge is 0.336 e. The molecule has 2 amide bonds. The Morgan fingerprint density at radius 3 is 1.67 bits per heavy atom. The second-order valence-corrected chi connectivity index (χ2v) is 6.19. The third kappa shape index (κ3) is 12.9. The number of carbonyl (C=O) groups is 1.